The summed E-state index contributed by atoms with van der Waals surface area (Å²) in [4.78, 5) is 23.9. The van der Waals surface area contributed by atoms with Gasteiger partial charge in [-0.2, -0.15) is 0 Å². The molecule has 6 heteroatoms. The fourth-order valence-electron chi connectivity index (χ4n) is 2.45. The van der Waals surface area contributed by atoms with Crippen LogP contribution in [0.1, 0.15) is 37.8 Å². The second kappa shape index (κ2) is 9.80. The fourth-order valence-corrected chi connectivity index (χ4v) is 2.45. The number of amides is 2. The van der Waals surface area contributed by atoms with Crippen LogP contribution in [0.5, 0.6) is 0 Å². The van der Waals surface area contributed by atoms with Gasteiger partial charge in [0.1, 0.15) is 0 Å². The van der Waals surface area contributed by atoms with Crippen molar-refractivity contribution >= 4 is 17.5 Å². The van der Waals surface area contributed by atoms with Gasteiger partial charge in [0, 0.05) is 24.6 Å². The molecule has 0 saturated carbocycles. The fraction of sp³-hybridized carbons (Fsp3) is 0.333. The van der Waals surface area contributed by atoms with Gasteiger partial charge in [-0.15, -0.1) is 0 Å². The quantitative estimate of drug-likeness (QED) is 0.728. The molecule has 2 N–H and O–H groups in total. The first-order valence-electron chi connectivity index (χ1n) is 8.99. The smallest absolute Gasteiger partial charge is 0.227 e. The molecule has 2 amide bonds. The lowest BCUT2D eigenvalue weighted by atomic mass is 10.1. The first-order chi connectivity index (χ1) is 12.9. The summed E-state index contributed by atoms with van der Waals surface area (Å²) in [6, 6.07) is 10.9. The number of nitrogens with one attached hydrogen (secondary N) is 2. The molecule has 1 atom stereocenters. The summed E-state index contributed by atoms with van der Waals surface area (Å²) in [6.45, 7) is 4.15. The van der Waals surface area contributed by atoms with Crippen molar-refractivity contribution in [2.45, 2.75) is 39.7 Å². The van der Waals surface area contributed by atoms with Crippen molar-refractivity contribution < 1.29 is 18.4 Å². The van der Waals surface area contributed by atoms with Gasteiger partial charge in [-0.3, -0.25) is 9.59 Å². The van der Waals surface area contributed by atoms with Crippen molar-refractivity contribution in [3.8, 4) is 0 Å². The van der Waals surface area contributed by atoms with Crippen molar-refractivity contribution in [2.75, 3.05) is 5.32 Å². The Morgan fingerprint density at radius 3 is 2.52 bits per heavy atom. The van der Waals surface area contributed by atoms with Crippen molar-refractivity contribution in [1.29, 1.82) is 0 Å². The molecule has 4 nitrogen and oxygen atoms in total. The lowest BCUT2D eigenvalue weighted by molar-refractivity contribution is -0.121. The van der Waals surface area contributed by atoms with E-state index in [1.807, 2.05) is 32.0 Å². The highest BCUT2D eigenvalue weighted by atomic mass is 19.2. The summed E-state index contributed by atoms with van der Waals surface area (Å²) in [5.41, 5.74) is 2.12. The Morgan fingerprint density at radius 1 is 1.04 bits per heavy atom. The molecular formula is C21H24F2N2O2. The third-order valence-electron chi connectivity index (χ3n) is 4.37. The average molecular weight is 374 g/mol. The molecular weight excluding hydrogens is 350 g/mol. The van der Waals surface area contributed by atoms with Gasteiger partial charge in [-0.25, -0.2) is 8.78 Å². The lowest BCUT2D eigenvalue weighted by Gasteiger charge is -2.11. The van der Waals surface area contributed by atoms with E-state index in [9.17, 15) is 18.4 Å². The van der Waals surface area contributed by atoms with Crippen LogP contribution < -0.4 is 10.6 Å². The van der Waals surface area contributed by atoms with Gasteiger partial charge in [0.2, 0.25) is 11.8 Å². The van der Waals surface area contributed by atoms with E-state index in [0.717, 1.165) is 24.1 Å². The number of rotatable bonds is 8. The highest BCUT2D eigenvalue weighted by molar-refractivity contribution is 5.92. The molecule has 0 saturated heterocycles. The van der Waals surface area contributed by atoms with Gasteiger partial charge in [0.25, 0.3) is 0 Å². The van der Waals surface area contributed by atoms with E-state index in [2.05, 4.69) is 10.6 Å². The molecule has 0 aliphatic heterocycles. The molecule has 0 aromatic heterocycles. The highest BCUT2D eigenvalue weighted by Gasteiger charge is 2.11. The van der Waals surface area contributed by atoms with E-state index in [4.69, 9.17) is 0 Å². The first-order valence-corrected chi connectivity index (χ1v) is 8.99. The zero-order valence-electron chi connectivity index (χ0n) is 15.5. The molecule has 0 heterocycles. The number of halogens is 2. The van der Waals surface area contributed by atoms with Gasteiger partial charge >= 0.3 is 0 Å². The van der Waals surface area contributed by atoms with Crippen molar-refractivity contribution in [1.82, 2.24) is 5.32 Å². The Bertz CT molecular complexity index is 809. The molecule has 144 valence electrons. The lowest BCUT2D eigenvalue weighted by Crippen LogP contribution is -2.23. The maximum atomic E-state index is 13.2. The Hall–Kier alpha value is -2.76. The second-order valence-electron chi connectivity index (χ2n) is 6.52. The van der Waals surface area contributed by atoms with Crippen LogP contribution in [-0.4, -0.2) is 11.8 Å². The summed E-state index contributed by atoms with van der Waals surface area (Å²) in [5.74, 6) is -2.10. The normalized spacial score (nSPS) is 11.7. The summed E-state index contributed by atoms with van der Waals surface area (Å²) in [6.07, 6.45) is 1.27. The number of hydrogen-bond acceptors (Lipinski definition) is 2. The van der Waals surface area contributed by atoms with Crippen LogP contribution in [0.4, 0.5) is 14.5 Å². The SMILES string of the molecule is CCC(C)C(=O)Nc1cccc(CNC(=O)CCc2ccc(F)c(F)c2)c1. The van der Waals surface area contributed by atoms with Crippen LogP contribution >= 0.6 is 0 Å². The molecule has 0 spiro atoms. The minimum Gasteiger partial charge on any atom is -0.352 e. The number of hydrogen-bond donors (Lipinski definition) is 2. The van der Waals surface area contributed by atoms with E-state index >= 15 is 0 Å². The van der Waals surface area contributed by atoms with E-state index in [-0.39, 0.29) is 24.2 Å². The van der Waals surface area contributed by atoms with Crippen LogP contribution in [0.25, 0.3) is 0 Å². The van der Waals surface area contributed by atoms with Crippen molar-refractivity contribution in [2.24, 2.45) is 5.92 Å². The van der Waals surface area contributed by atoms with Gasteiger partial charge in [-0.1, -0.05) is 32.0 Å². The Kier molecular flexibility index (Phi) is 7.46. The summed E-state index contributed by atoms with van der Waals surface area (Å²) in [7, 11) is 0. The van der Waals surface area contributed by atoms with Crippen LogP contribution in [0.2, 0.25) is 0 Å². The second-order valence-corrected chi connectivity index (χ2v) is 6.52. The monoisotopic (exact) mass is 374 g/mol. The third kappa shape index (κ3) is 6.47. The average Bonchev–Trinajstić information content (AvgIpc) is 2.66. The summed E-state index contributed by atoms with van der Waals surface area (Å²) in [5, 5.41) is 5.65. The zero-order chi connectivity index (χ0) is 19.8. The van der Waals surface area contributed by atoms with Crippen LogP contribution in [0.15, 0.2) is 42.5 Å². The minimum absolute atomic E-state index is 0.0368. The van der Waals surface area contributed by atoms with Crippen LogP contribution in [0.3, 0.4) is 0 Å². The molecule has 0 bridgehead atoms. The maximum absolute atomic E-state index is 13.2. The Morgan fingerprint density at radius 2 is 1.81 bits per heavy atom. The molecule has 0 aliphatic carbocycles. The Balaban J connectivity index is 1.83. The van der Waals surface area contributed by atoms with E-state index in [0.29, 0.717) is 24.2 Å². The standard InChI is InChI=1S/C21H24F2N2O2/c1-3-14(2)21(27)25-17-6-4-5-16(11-17)13-24-20(26)10-8-15-7-9-18(22)19(23)12-15/h4-7,9,11-12,14H,3,8,10,13H2,1-2H3,(H,24,26)(H,25,27). The Labute approximate surface area is 158 Å². The van der Waals surface area contributed by atoms with Crippen molar-refractivity contribution in [3.05, 3.63) is 65.2 Å². The number of carbonyl (C=O) groups is 2. The molecule has 0 fully saturated rings. The van der Waals surface area contributed by atoms with E-state index < -0.39 is 11.6 Å². The maximum Gasteiger partial charge on any atom is 0.227 e. The zero-order valence-corrected chi connectivity index (χ0v) is 15.5. The van der Waals surface area contributed by atoms with Gasteiger partial charge in [-0.05, 0) is 48.2 Å². The minimum atomic E-state index is -0.913. The van der Waals surface area contributed by atoms with Gasteiger partial charge in [0.15, 0.2) is 11.6 Å². The van der Waals surface area contributed by atoms with E-state index in [1.54, 1.807) is 6.07 Å². The molecule has 0 radical (unpaired) electrons. The predicted octanol–water partition coefficient (Wildman–Crippen LogP) is 4.20. The topological polar surface area (TPSA) is 58.2 Å². The molecule has 1 unspecified atom stereocenters. The molecule has 0 aliphatic rings. The predicted molar refractivity (Wildman–Crippen MR) is 101 cm³/mol. The van der Waals surface area contributed by atoms with Crippen LogP contribution in [0, 0.1) is 17.6 Å². The highest BCUT2D eigenvalue weighted by Crippen LogP contribution is 2.14. The van der Waals surface area contributed by atoms with Gasteiger partial charge < -0.3 is 10.6 Å². The molecule has 2 aromatic rings. The number of carbonyl (C=O) groups excluding carboxylic acids is 2. The molecule has 2 rings (SSSR count). The number of anilines is 1. The number of benzene rings is 2. The first kappa shape index (κ1) is 20.6. The number of aryl methyl sites for hydroxylation is 1. The molecule has 2 aromatic carbocycles. The van der Waals surface area contributed by atoms with Crippen LogP contribution in [-0.2, 0) is 22.6 Å². The van der Waals surface area contributed by atoms with Crippen molar-refractivity contribution in [3.63, 3.8) is 0 Å². The molecule has 27 heavy (non-hydrogen) atoms. The summed E-state index contributed by atoms with van der Waals surface area (Å²) >= 11 is 0. The third-order valence-corrected chi connectivity index (χ3v) is 4.37. The largest absolute Gasteiger partial charge is 0.352 e. The van der Waals surface area contributed by atoms with Gasteiger partial charge in [0.05, 0.1) is 0 Å². The van der Waals surface area contributed by atoms with E-state index in [1.165, 1.54) is 6.07 Å². The summed E-state index contributed by atoms with van der Waals surface area (Å²) < 4.78 is 26.1.